The Morgan fingerprint density at radius 2 is 1.72 bits per heavy atom. The number of hydrogen-bond acceptors (Lipinski definition) is 4. The molecule has 1 amide bonds. The summed E-state index contributed by atoms with van der Waals surface area (Å²) in [5.41, 5.74) is 4.51. The monoisotopic (exact) mass is 418 g/mol. The van der Waals surface area contributed by atoms with E-state index in [9.17, 15) is 13.2 Å². The third kappa shape index (κ3) is 5.73. The fraction of sp³-hybridized carbons (Fsp3) is 0.409. The Balaban J connectivity index is 2.30. The van der Waals surface area contributed by atoms with Gasteiger partial charge in [-0.2, -0.15) is 0 Å². The molecular weight excluding hydrogens is 388 g/mol. The fourth-order valence-corrected chi connectivity index (χ4v) is 4.21. The van der Waals surface area contributed by atoms with Crippen molar-refractivity contribution >= 4 is 21.6 Å². The molecule has 2 aromatic rings. The second-order valence-corrected chi connectivity index (χ2v) is 9.24. The molecule has 158 valence electrons. The van der Waals surface area contributed by atoms with Gasteiger partial charge in [0.25, 0.3) is 0 Å². The molecule has 7 heteroatoms. The Bertz CT molecular complexity index is 986. The largest absolute Gasteiger partial charge is 0.495 e. The van der Waals surface area contributed by atoms with Crippen LogP contribution in [0.1, 0.15) is 41.6 Å². The number of ether oxygens (including phenoxy) is 1. The minimum atomic E-state index is -3.69. The molecule has 6 nitrogen and oxygen atoms in total. The molecule has 0 saturated carbocycles. The molecule has 2 rings (SSSR count). The van der Waals surface area contributed by atoms with Crippen molar-refractivity contribution < 1.29 is 17.9 Å². The standard InChI is InChI=1S/C22H30N2O4S/c1-7-19(18-10-8-15(2)12-17(18)4)23-22(25)14-24(29(6,26)27)20-13-16(3)9-11-21(20)28-5/h8-13,19H,7,14H2,1-6H3,(H,23,25)/t19-/m1/s1. The zero-order valence-corrected chi connectivity index (χ0v) is 18.8. The Kier molecular flexibility index (Phi) is 7.30. The number of benzene rings is 2. The van der Waals surface area contributed by atoms with Gasteiger partial charge in [0.15, 0.2) is 0 Å². The highest BCUT2D eigenvalue weighted by molar-refractivity contribution is 7.92. The summed E-state index contributed by atoms with van der Waals surface area (Å²) in [6.07, 6.45) is 1.78. The minimum Gasteiger partial charge on any atom is -0.495 e. The molecule has 29 heavy (non-hydrogen) atoms. The Morgan fingerprint density at radius 1 is 1.10 bits per heavy atom. The molecule has 0 aromatic heterocycles. The number of nitrogens with zero attached hydrogens (tertiary/aromatic N) is 1. The van der Waals surface area contributed by atoms with Crippen LogP contribution in [0.5, 0.6) is 5.75 Å². The second kappa shape index (κ2) is 9.31. The maximum absolute atomic E-state index is 12.8. The summed E-state index contributed by atoms with van der Waals surface area (Å²) < 4.78 is 31.3. The molecule has 1 N–H and O–H groups in total. The van der Waals surface area contributed by atoms with Crippen LogP contribution >= 0.6 is 0 Å². The van der Waals surface area contributed by atoms with Crippen LogP contribution in [-0.4, -0.2) is 34.2 Å². The third-order valence-corrected chi connectivity index (χ3v) is 5.96. The van der Waals surface area contributed by atoms with E-state index in [-0.39, 0.29) is 18.5 Å². The van der Waals surface area contributed by atoms with Gasteiger partial charge in [-0.1, -0.05) is 36.8 Å². The van der Waals surface area contributed by atoms with E-state index in [0.29, 0.717) is 17.9 Å². The van der Waals surface area contributed by atoms with Crippen molar-refractivity contribution in [1.82, 2.24) is 5.32 Å². The quantitative estimate of drug-likeness (QED) is 0.710. The van der Waals surface area contributed by atoms with Gasteiger partial charge in [-0.25, -0.2) is 8.42 Å². The second-order valence-electron chi connectivity index (χ2n) is 7.33. The average Bonchev–Trinajstić information content (AvgIpc) is 2.63. The number of carbonyl (C=O) groups excluding carboxylic acids is 1. The van der Waals surface area contributed by atoms with E-state index in [0.717, 1.165) is 32.8 Å². The van der Waals surface area contributed by atoms with Gasteiger partial charge in [-0.05, 0) is 56.0 Å². The van der Waals surface area contributed by atoms with Gasteiger partial charge in [-0.3, -0.25) is 9.10 Å². The van der Waals surface area contributed by atoms with Gasteiger partial charge < -0.3 is 10.1 Å². The highest BCUT2D eigenvalue weighted by Crippen LogP contribution is 2.31. The van der Waals surface area contributed by atoms with E-state index in [1.165, 1.54) is 7.11 Å². The molecule has 0 aliphatic carbocycles. The van der Waals surface area contributed by atoms with Crippen LogP contribution in [0.4, 0.5) is 5.69 Å². The summed E-state index contributed by atoms with van der Waals surface area (Å²) in [6, 6.07) is 11.1. The van der Waals surface area contributed by atoms with Crippen LogP contribution in [0, 0.1) is 20.8 Å². The zero-order valence-electron chi connectivity index (χ0n) is 17.9. The first-order valence-corrected chi connectivity index (χ1v) is 11.4. The fourth-order valence-electron chi connectivity index (χ4n) is 3.36. The molecule has 0 unspecified atom stereocenters. The van der Waals surface area contributed by atoms with E-state index in [4.69, 9.17) is 4.74 Å². The van der Waals surface area contributed by atoms with Gasteiger partial charge in [0.05, 0.1) is 25.1 Å². The van der Waals surface area contributed by atoms with E-state index in [1.807, 2.05) is 45.9 Å². The van der Waals surface area contributed by atoms with Crippen LogP contribution in [0.15, 0.2) is 36.4 Å². The zero-order chi connectivity index (χ0) is 21.8. The number of hydrogen-bond donors (Lipinski definition) is 1. The predicted molar refractivity (Wildman–Crippen MR) is 117 cm³/mol. The van der Waals surface area contributed by atoms with Crippen molar-refractivity contribution in [2.75, 3.05) is 24.2 Å². The van der Waals surface area contributed by atoms with E-state index >= 15 is 0 Å². The summed E-state index contributed by atoms with van der Waals surface area (Å²) in [5.74, 6) is 0.0288. The van der Waals surface area contributed by atoms with E-state index < -0.39 is 10.0 Å². The first-order chi connectivity index (χ1) is 13.6. The number of rotatable bonds is 8. The number of carbonyl (C=O) groups is 1. The van der Waals surface area contributed by atoms with Gasteiger partial charge in [-0.15, -0.1) is 0 Å². The maximum Gasteiger partial charge on any atom is 0.241 e. The van der Waals surface area contributed by atoms with E-state index in [1.54, 1.807) is 12.1 Å². The molecule has 0 heterocycles. The van der Waals surface area contributed by atoms with E-state index in [2.05, 4.69) is 11.4 Å². The van der Waals surface area contributed by atoms with Crippen molar-refractivity contribution in [3.63, 3.8) is 0 Å². The Labute approximate surface area is 173 Å². The van der Waals surface area contributed by atoms with Crippen molar-refractivity contribution in [3.8, 4) is 5.75 Å². The summed E-state index contributed by atoms with van der Waals surface area (Å²) >= 11 is 0. The highest BCUT2D eigenvalue weighted by atomic mass is 32.2. The van der Waals surface area contributed by atoms with Crippen LogP contribution in [0.2, 0.25) is 0 Å². The Hall–Kier alpha value is -2.54. The van der Waals surface area contributed by atoms with Crippen LogP contribution in [0.3, 0.4) is 0 Å². The molecule has 0 aliphatic rings. The van der Waals surface area contributed by atoms with Crippen molar-refractivity contribution in [3.05, 3.63) is 58.7 Å². The number of amides is 1. The molecule has 0 radical (unpaired) electrons. The lowest BCUT2D eigenvalue weighted by molar-refractivity contribution is -0.120. The van der Waals surface area contributed by atoms with Crippen molar-refractivity contribution in [1.29, 1.82) is 0 Å². The van der Waals surface area contributed by atoms with Gasteiger partial charge in [0.2, 0.25) is 15.9 Å². The predicted octanol–water partition coefficient (Wildman–Crippen LogP) is 3.65. The summed E-state index contributed by atoms with van der Waals surface area (Å²) in [5, 5.41) is 2.98. The van der Waals surface area contributed by atoms with Crippen LogP contribution < -0.4 is 14.4 Å². The lowest BCUT2D eigenvalue weighted by Gasteiger charge is -2.26. The number of sulfonamides is 1. The molecule has 0 saturated heterocycles. The number of aryl methyl sites for hydroxylation is 3. The topological polar surface area (TPSA) is 75.7 Å². The number of nitrogens with one attached hydrogen (secondary N) is 1. The third-order valence-electron chi connectivity index (χ3n) is 4.83. The van der Waals surface area contributed by atoms with Crippen LogP contribution in [0.25, 0.3) is 0 Å². The molecule has 1 atom stereocenters. The lowest BCUT2D eigenvalue weighted by Crippen LogP contribution is -2.41. The minimum absolute atomic E-state index is 0.191. The lowest BCUT2D eigenvalue weighted by atomic mass is 9.97. The molecule has 2 aromatic carbocycles. The van der Waals surface area contributed by atoms with Crippen LogP contribution in [-0.2, 0) is 14.8 Å². The number of methoxy groups -OCH3 is 1. The SMILES string of the molecule is CC[C@@H](NC(=O)CN(c1cc(C)ccc1OC)S(C)(=O)=O)c1ccc(C)cc1C. The highest BCUT2D eigenvalue weighted by Gasteiger charge is 2.25. The van der Waals surface area contributed by atoms with Crippen molar-refractivity contribution in [2.45, 2.75) is 40.2 Å². The first-order valence-electron chi connectivity index (χ1n) is 9.55. The summed E-state index contributed by atoms with van der Waals surface area (Å²) in [6.45, 7) is 7.56. The Morgan fingerprint density at radius 3 is 2.28 bits per heavy atom. The number of anilines is 1. The van der Waals surface area contributed by atoms with Gasteiger partial charge in [0, 0.05) is 0 Å². The molecule has 0 fully saturated rings. The van der Waals surface area contributed by atoms with Gasteiger partial charge >= 0.3 is 0 Å². The average molecular weight is 419 g/mol. The maximum atomic E-state index is 12.8. The van der Waals surface area contributed by atoms with Crippen molar-refractivity contribution in [2.24, 2.45) is 0 Å². The molecular formula is C22H30N2O4S. The summed E-state index contributed by atoms with van der Waals surface area (Å²) in [4.78, 5) is 12.8. The first kappa shape index (κ1) is 22.7. The normalized spacial score (nSPS) is 12.3. The molecule has 0 spiro atoms. The summed E-state index contributed by atoms with van der Waals surface area (Å²) in [7, 11) is -2.22. The molecule has 0 bridgehead atoms. The smallest absolute Gasteiger partial charge is 0.241 e. The molecule has 0 aliphatic heterocycles. The van der Waals surface area contributed by atoms with Gasteiger partial charge in [0.1, 0.15) is 12.3 Å².